The van der Waals surface area contributed by atoms with Crippen molar-refractivity contribution in [2.75, 3.05) is 39.9 Å². The van der Waals surface area contributed by atoms with Crippen LogP contribution in [0.1, 0.15) is 5.56 Å². The van der Waals surface area contributed by atoms with E-state index in [1.165, 1.54) is 23.5 Å². The summed E-state index contributed by atoms with van der Waals surface area (Å²) in [5.74, 6) is 0.937. The smallest absolute Gasteiger partial charge is 0.260 e. The molecule has 1 amide bonds. The van der Waals surface area contributed by atoms with Gasteiger partial charge in [-0.15, -0.1) is 0 Å². The fourth-order valence-electron chi connectivity index (χ4n) is 3.11. The van der Waals surface area contributed by atoms with Crippen molar-refractivity contribution in [3.05, 3.63) is 54.1 Å². The van der Waals surface area contributed by atoms with Crippen molar-refractivity contribution in [2.24, 2.45) is 0 Å². The van der Waals surface area contributed by atoms with Crippen molar-refractivity contribution in [1.29, 1.82) is 5.26 Å². The van der Waals surface area contributed by atoms with Gasteiger partial charge in [-0.05, 0) is 42.0 Å². The Morgan fingerprint density at radius 2 is 1.60 bits per heavy atom. The first-order chi connectivity index (χ1) is 14.4. The van der Waals surface area contributed by atoms with Crippen LogP contribution in [-0.2, 0) is 21.2 Å². The molecule has 0 radical (unpaired) electrons. The van der Waals surface area contributed by atoms with Gasteiger partial charge in [-0.1, -0.05) is 12.1 Å². The molecule has 0 saturated carbocycles. The van der Waals surface area contributed by atoms with E-state index in [1.807, 2.05) is 0 Å². The van der Waals surface area contributed by atoms with Crippen LogP contribution in [0.5, 0.6) is 11.5 Å². The van der Waals surface area contributed by atoms with Gasteiger partial charge in [-0.3, -0.25) is 4.79 Å². The number of benzene rings is 2. The van der Waals surface area contributed by atoms with Gasteiger partial charge in [0, 0.05) is 26.2 Å². The van der Waals surface area contributed by atoms with Crippen LogP contribution in [0.25, 0.3) is 0 Å². The molecule has 8 nitrogen and oxygen atoms in total. The van der Waals surface area contributed by atoms with Crippen molar-refractivity contribution in [1.82, 2.24) is 9.21 Å². The number of methoxy groups -OCH3 is 1. The number of ether oxygens (including phenoxy) is 2. The van der Waals surface area contributed by atoms with E-state index < -0.39 is 10.0 Å². The van der Waals surface area contributed by atoms with Gasteiger partial charge in [0.2, 0.25) is 10.0 Å². The van der Waals surface area contributed by atoms with Gasteiger partial charge in [-0.2, -0.15) is 9.57 Å². The summed E-state index contributed by atoms with van der Waals surface area (Å²) in [6.07, 6.45) is 0.322. The summed E-state index contributed by atoms with van der Waals surface area (Å²) in [7, 11) is -2.09. The van der Waals surface area contributed by atoms with Gasteiger partial charge in [0.25, 0.3) is 5.91 Å². The summed E-state index contributed by atoms with van der Waals surface area (Å²) in [6, 6.07) is 15.3. The van der Waals surface area contributed by atoms with Crippen LogP contribution in [0.4, 0.5) is 0 Å². The molecule has 0 bridgehead atoms. The molecule has 1 aliphatic rings. The van der Waals surface area contributed by atoms with E-state index >= 15 is 0 Å². The maximum absolute atomic E-state index is 12.8. The van der Waals surface area contributed by atoms with E-state index in [0.717, 1.165) is 5.56 Å². The van der Waals surface area contributed by atoms with Crippen LogP contribution in [0.2, 0.25) is 0 Å². The zero-order chi connectivity index (χ0) is 21.6. The third-order valence-corrected chi connectivity index (χ3v) is 6.77. The molecule has 9 heteroatoms. The lowest BCUT2D eigenvalue weighted by Gasteiger charge is -2.34. The highest BCUT2D eigenvalue weighted by Gasteiger charge is 2.30. The first kappa shape index (κ1) is 21.6. The summed E-state index contributed by atoms with van der Waals surface area (Å²) in [5.41, 5.74) is 0.880. The highest BCUT2D eigenvalue weighted by molar-refractivity contribution is 7.89. The van der Waals surface area contributed by atoms with E-state index in [1.54, 1.807) is 41.3 Å². The predicted molar refractivity (Wildman–Crippen MR) is 110 cm³/mol. The predicted octanol–water partition coefficient (Wildman–Crippen LogP) is 1.67. The second-order valence-corrected chi connectivity index (χ2v) is 8.67. The maximum atomic E-state index is 12.8. The Labute approximate surface area is 176 Å². The van der Waals surface area contributed by atoms with E-state index in [-0.39, 0.29) is 30.5 Å². The first-order valence-corrected chi connectivity index (χ1v) is 10.9. The van der Waals surface area contributed by atoms with Crippen molar-refractivity contribution >= 4 is 15.9 Å². The van der Waals surface area contributed by atoms with Gasteiger partial charge in [0.15, 0.2) is 6.61 Å². The maximum Gasteiger partial charge on any atom is 0.260 e. The van der Waals surface area contributed by atoms with E-state index in [9.17, 15) is 13.2 Å². The van der Waals surface area contributed by atoms with Gasteiger partial charge in [-0.25, -0.2) is 8.42 Å². The SMILES string of the molecule is COc1ccc(S(=O)(=O)N2CCN(C(=O)COc3ccc(CC#N)cc3)CC2)cc1. The molecule has 0 aliphatic carbocycles. The second-order valence-electron chi connectivity index (χ2n) is 6.73. The zero-order valence-electron chi connectivity index (χ0n) is 16.7. The number of piperazine rings is 1. The van der Waals surface area contributed by atoms with Crippen LogP contribution in [0, 0.1) is 11.3 Å². The van der Waals surface area contributed by atoms with Gasteiger partial charge >= 0.3 is 0 Å². The lowest BCUT2D eigenvalue weighted by molar-refractivity contribution is -0.134. The Hall–Kier alpha value is -3.09. The van der Waals surface area contributed by atoms with E-state index in [4.69, 9.17) is 14.7 Å². The highest BCUT2D eigenvalue weighted by atomic mass is 32.2. The van der Waals surface area contributed by atoms with E-state index in [0.29, 0.717) is 31.0 Å². The Kier molecular flexibility index (Phi) is 6.92. The minimum atomic E-state index is -3.61. The highest BCUT2D eigenvalue weighted by Crippen LogP contribution is 2.21. The molecule has 2 aromatic carbocycles. The molecule has 2 aromatic rings. The Morgan fingerprint density at radius 3 is 2.17 bits per heavy atom. The Balaban J connectivity index is 1.51. The Morgan fingerprint density at radius 1 is 1.00 bits per heavy atom. The number of rotatable bonds is 7. The van der Waals surface area contributed by atoms with Crippen LogP contribution in [0.3, 0.4) is 0 Å². The number of nitriles is 1. The lowest BCUT2D eigenvalue weighted by atomic mass is 10.2. The third-order valence-electron chi connectivity index (χ3n) is 4.86. The molecule has 158 valence electrons. The molecule has 1 aliphatic heterocycles. The first-order valence-electron chi connectivity index (χ1n) is 9.44. The number of carbonyl (C=O) groups is 1. The van der Waals surface area contributed by atoms with Crippen molar-refractivity contribution < 1.29 is 22.7 Å². The summed E-state index contributed by atoms with van der Waals surface area (Å²) in [6.45, 7) is 0.937. The molecular formula is C21H23N3O5S. The van der Waals surface area contributed by atoms with Crippen LogP contribution in [-0.4, -0.2) is 63.4 Å². The zero-order valence-corrected chi connectivity index (χ0v) is 17.5. The van der Waals surface area contributed by atoms with Crippen molar-refractivity contribution in [2.45, 2.75) is 11.3 Å². The molecule has 0 atom stereocenters. The number of carbonyl (C=O) groups excluding carboxylic acids is 1. The molecular weight excluding hydrogens is 406 g/mol. The molecule has 3 rings (SSSR count). The number of hydrogen-bond acceptors (Lipinski definition) is 6. The summed E-state index contributed by atoms with van der Waals surface area (Å²) in [5, 5.41) is 8.69. The van der Waals surface area contributed by atoms with Gasteiger partial charge < -0.3 is 14.4 Å². The third kappa shape index (κ3) is 5.09. The molecule has 30 heavy (non-hydrogen) atoms. The van der Waals surface area contributed by atoms with Gasteiger partial charge in [0.05, 0.1) is 24.5 Å². The molecule has 0 unspecified atom stereocenters. The normalized spacial score (nSPS) is 14.7. The average molecular weight is 429 g/mol. The largest absolute Gasteiger partial charge is 0.497 e. The number of hydrogen-bond donors (Lipinski definition) is 0. The Bertz CT molecular complexity index is 1010. The minimum Gasteiger partial charge on any atom is -0.497 e. The van der Waals surface area contributed by atoms with E-state index in [2.05, 4.69) is 6.07 Å². The van der Waals surface area contributed by atoms with Crippen LogP contribution >= 0.6 is 0 Å². The summed E-state index contributed by atoms with van der Waals surface area (Å²) >= 11 is 0. The topological polar surface area (TPSA) is 99.9 Å². The van der Waals surface area contributed by atoms with Gasteiger partial charge in [0.1, 0.15) is 11.5 Å². The minimum absolute atomic E-state index is 0.122. The fourth-order valence-corrected chi connectivity index (χ4v) is 4.53. The standard InChI is InChI=1S/C21H23N3O5S/c1-28-18-6-8-20(9-7-18)30(26,27)24-14-12-23(13-15-24)21(25)16-29-19-4-2-17(3-5-19)10-11-22/h2-9H,10,12-16H2,1H3. The van der Waals surface area contributed by atoms with Crippen LogP contribution < -0.4 is 9.47 Å². The molecule has 1 fully saturated rings. The van der Waals surface area contributed by atoms with Crippen LogP contribution in [0.15, 0.2) is 53.4 Å². The fraction of sp³-hybridized carbons (Fsp3) is 0.333. The quantitative estimate of drug-likeness (QED) is 0.664. The lowest BCUT2D eigenvalue weighted by Crippen LogP contribution is -2.51. The number of nitrogens with zero attached hydrogens (tertiary/aromatic N) is 3. The summed E-state index contributed by atoms with van der Waals surface area (Å²) in [4.78, 5) is 14.2. The molecule has 0 aromatic heterocycles. The molecule has 1 saturated heterocycles. The number of amides is 1. The second kappa shape index (κ2) is 9.61. The van der Waals surface area contributed by atoms with Crippen molar-refractivity contribution in [3.63, 3.8) is 0 Å². The molecule has 1 heterocycles. The van der Waals surface area contributed by atoms with Crippen molar-refractivity contribution in [3.8, 4) is 17.6 Å². The average Bonchev–Trinajstić information content (AvgIpc) is 2.78. The summed E-state index contributed by atoms with van der Waals surface area (Å²) < 4.78 is 37.5. The number of sulfonamides is 1. The molecule has 0 spiro atoms. The molecule has 0 N–H and O–H groups in total. The monoisotopic (exact) mass is 429 g/mol.